The molecule has 1 aromatic rings. The number of aromatic nitrogens is 2. The Labute approximate surface area is 110 Å². The number of rotatable bonds is 6. The van der Waals surface area contributed by atoms with Crippen LogP contribution in [0, 0.1) is 5.92 Å². The third-order valence-electron chi connectivity index (χ3n) is 2.42. The molecule has 0 aliphatic rings. The fraction of sp³-hybridized carbons (Fsp3) is 0.692. The number of aliphatic imine (C=N–C) groups is 1. The van der Waals surface area contributed by atoms with E-state index >= 15 is 0 Å². The van der Waals surface area contributed by atoms with Gasteiger partial charge in [-0.15, -0.1) is 0 Å². The lowest BCUT2D eigenvalue weighted by Crippen LogP contribution is -2.38. The Morgan fingerprint density at radius 1 is 1.44 bits per heavy atom. The largest absolute Gasteiger partial charge is 0.357 e. The zero-order valence-electron chi connectivity index (χ0n) is 11.9. The van der Waals surface area contributed by atoms with Crippen molar-refractivity contribution < 1.29 is 0 Å². The van der Waals surface area contributed by atoms with Gasteiger partial charge in [-0.05, 0) is 24.8 Å². The molecule has 0 amide bonds. The van der Waals surface area contributed by atoms with Crippen molar-refractivity contribution in [2.45, 2.75) is 27.2 Å². The van der Waals surface area contributed by atoms with Crippen LogP contribution in [0.5, 0.6) is 0 Å². The van der Waals surface area contributed by atoms with Crippen molar-refractivity contribution in [2.24, 2.45) is 18.0 Å². The van der Waals surface area contributed by atoms with Gasteiger partial charge in [0.25, 0.3) is 0 Å². The van der Waals surface area contributed by atoms with Crippen LogP contribution in [0.1, 0.15) is 26.3 Å². The van der Waals surface area contributed by atoms with E-state index < -0.39 is 0 Å². The highest BCUT2D eigenvalue weighted by molar-refractivity contribution is 5.79. The molecular weight excluding hydrogens is 226 g/mol. The second-order valence-corrected chi connectivity index (χ2v) is 4.81. The molecule has 18 heavy (non-hydrogen) atoms. The van der Waals surface area contributed by atoms with E-state index in [2.05, 4.69) is 41.5 Å². The molecule has 1 heterocycles. The molecule has 0 unspecified atom stereocenters. The highest BCUT2D eigenvalue weighted by Crippen LogP contribution is 1.96. The highest BCUT2D eigenvalue weighted by atomic mass is 15.2. The summed E-state index contributed by atoms with van der Waals surface area (Å²) >= 11 is 0. The Morgan fingerprint density at radius 2 is 2.22 bits per heavy atom. The van der Waals surface area contributed by atoms with E-state index in [0.29, 0.717) is 5.92 Å². The molecule has 0 bridgehead atoms. The summed E-state index contributed by atoms with van der Waals surface area (Å²) in [5, 5.41) is 10.7. The zero-order valence-corrected chi connectivity index (χ0v) is 11.9. The molecule has 0 atom stereocenters. The fourth-order valence-corrected chi connectivity index (χ4v) is 1.54. The van der Waals surface area contributed by atoms with Crippen molar-refractivity contribution in [3.05, 3.63) is 18.0 Å². The second-order valence-electron chi connectivity index (χ2n) is 4.81. The first-order valence-corrected chi connectivity index (χ1v) is 6.61. The van der Waals surface area contributed by atoms with Crippen molar-refractivity contribution >= 4 is 5.96 Å². The maximum absolute atomic E-state index is 4.52. The Hall–Kier alpha value is -1.52. The van der Waals surface area contributed by atoms with Crippen molar-refractivity contribution in [1.82, 2.24) is 20.4 Å². The van der Waals surface area contributed by atoms with Gasteiger partial charge in [0.05, 0.1) is 6.20 Å². The third kappa shape index (κ3) is 5.70. The van der Waals surface area contributed by atoms with Gasteiger partial charge in [0.15, 0.2) is 5.96 Å². The third-order valence-corrected chi connectivity index (χ3v) is 2.42. The van der Waals surface area contributed by atoms with Crippen LogP contribution in [-0.2, 0) is 13.5 Å². The minimum absolute atomic E-state index is 0.582. The molecule has 5 nitrogen and oxygen atoms in total. The summed E-state index contributed by atoms with van der Waals surface area (Å²) in [7, 11) is 1.94. The average Bonchev–Trinajstić information content (AvgIpc) is 2.72. The molecule has 0 saturated carbocycles. The van der Waals surface area contributed by atoms with E-state index in [-0.39, 0.29) is 0 Å². The van der Waals surface area contributed by atoms with Gasteiger partial charge in [-0.2, -0.15) is 5.10 Å². The molecule has 0 aliphatic heterocycles. The summed E-state index contributed by atoms with van der Waals surface area (Å²) in [6.07, 6.45) is 4.90. The highest BCUT2D eigenvalue weighted by Gasteiger charge is 1.99. The summed E-state index contributed by atoms with van der Waals surface area (Å²) in [6.45, 7) is 9.02. The number of guanidine groups is 1. The Balaban J connectivity index is 2.35. The summed E-state index contributed by atoms with van der Waals surface area (Å²) in [6, 6.07) is 0. The molecule has 102 valence electrons. The number of hydrogen-bond acceptors (Lipinski definition) is 2. The molecule has 1 aromatic heterocycles. The van der Waals surface area contributed by atoms with Crippen molar-refractivity contribution in [3.8, 4) is 0 Å². The van der Waals surface area contributed by atoms with Crippen LogP contribution in [-0.4, -0.2) is 35.4 Å². The SMILES string of the molecule is CCNC(=NCC(C)C)NCCc1cnn(C)c1. The lowest BCUT2D eigenvalue weighted by molar-refractivity contribution is 0.656. The van der Waals surface area contributed by atoms with Gasteiger partial charge in [-0.3, -0.25) is 9.67 Å². The molecule has 2 N–H and O–H groups in total. The van der Waals surface area contributed by atoms with Gasteiger partial charge < -0.3 is 10.6 Å². The van der Waals surface area contributed by atoms with Gasteiger partial charge in [0.2, 0.25) is 0 Å². The van der Waals surface area contributed by atoms with Gasteiger partial charge in [-0.1, -0.05) is 13.8 Å². The zero-order chi connectivity index (χ0) is 13.4. The topological polar surface area (TPSA) is 54.2 Å². The molecule has 0 fully saturated rings. The molecule has 0 aliphatic carbocycles. The summed E-state index contributed by atoms with van der Waals surface area (Å²) in [5.41, 5.74) is 1.24. The number of aryl methyl sites for hydroxylation is 1. The first-order chi connectivity index (χ1) is 8.61. The van der Waals surface area contributed by atoms with Crippen LogP contribution in [0.2, 0.25) is 0 Å². The Bertz CT molecular complexity index is 367. The van der Waals surface area contributed by atoms with Crippen LogP contribution in [0.3, 0.4) is 0 Å². The Morgan fingerprint density at radius 3 is 2.78 bits per heavy atom. The predicted octanol–water partition coefficient (Wildman–Crippen LogP) is 1.17. The van der Waals surface area contributed by atoms with Gasteiger partial charge >= 0.3 is 0 Å². The molecule has 0 spiro atoms. The molecule has 0 aromatic carbocycles. The quantitative estimate of drug-likeness (QED) is 0.589. The van der Waals surface area contributed by atoms with Crippen molar-refractivity contribution in [2.75, 3.05) is 19.6 Å². The first-order valence-electron chi connectivity index (χ1n) is 6.61. The number of nitrogens with zero attached hydrogens (tertiary/aromatic N) is 3. The molecule has 0 radical (unpaired) electrons. The maximum atomic E-state index is 4.52. The summed E-state index contributed by atoms with van der Waals surface area (Å²) in [4.78, 5) is 4.52. The smallest absolute Gasteiger partial charge is 0.191 e. The van der Waals surface area contributed by atoms with E-state index in [0.717, 1.165) is 32.0 Å². The van der Waals surface area contributed by atoms with Crippen molar-refractivity contribution in [3.63, 3.8) is 0 Å². The Kier molecular flexibility index (Phi) is 6.25. The van der Waals surface area contributed by atoms with Crippen molar-refractivity contribution in [1.29, 1.82) is 0 Å². The van der Waals surface area contributed by atoms with E-state index in [1.165, 1.54) is 5.56 Å². The number of nitrogens with one attached hydrogen (secondary N) is 2. The average molecular weight is 251 g/mol. The molecular formula is C13H25N5. The minimum Gasteiger partial charge on any atom is -0.357 e. The standard InChI is InChI=1S/C13H25N5/c1-5-14-13(16-8-11(2)3)15-7-6-12-9-17-18(4)10-12/h9-11H,5-8H2,1-4H3,(H2,14,15,16). The van der Waals surface area contributed by atoms with Crippen LogP contribution in [0.15, 0.2) is 17.4 Å². The summed E-state index contributed by atoms with van der Waals surface area (Å²) in [5.74, 6) is 1.48. The van der Waals surface area contributed by atoms with E-state index in [1.807, 2.05) is 24.1 Å². The van der Waals surface area contributed by atoms with Gasteiger partial charge in [0, 0.05) is 32.9 Å². The normalized spacial score (nSPS) is 11.9. The summed E-state index contributed by atoms with van der Waals surface area (Å²) < 4.78 is 1.83. The van der Waals surface area contributed by atoms with Gasteiger partial charge in [0.1, 0.15) is 0 Å². The fourth-order valence-electron chi connectivity index (χ4n) is 1.54. The molecule has 5 heteroatoms. The number of hydrogen-bond donors (Lipinski definition) is 2. The molecule has 0 saturated heterocycles. The van der Waals surface area contributed by atoms with E-state index in [4.69, 9.17) is 0 Å². The molecule has 1 rings (SSSR count). The van der Waals surface area contributed by atoms with E-state index in [1.54, 1.807) is 0 Å². The minimum atomic E-state index is 0.582. The van der Waals surface area contributed by atoms with E-state index in [9.17, 15) is 0 Å². The first kappa shape index (κ1) is 14.5. The lowest BCUT2D eigenvalue weighted by Gasteiger charge is -2.11. The lowest BCUT2D eigenvalue weighted by atomic mass is 10.2. The van der Waals surface area contributed by atoms with Gasteiger partial charge in [-0.25, -0.2) is 0 Å². The maximum Gasteiger partial charge on any atom is 0.191 e. The van der Waals surface area contributed by atoms with Crippen LogP contribution in [0.4, 0.5) is 0 Å². The van der Waals surface area contributed by atoms with Crippen LogP contribution >= 0.6 is 0 Å². The predicted molar refractivity (Wildman–Crippen MR) is 75.7 cm³/mol. The second kappa shape index (κ2) is 7.74. The monoisotopic (exact) mass is 251 g/mol. The van der Waals surface area contributed by atoms with Crippen LogP contribution in [0.25, 0.3) is 0 Å². The van der Waals surface area contributed by atoms with Crippen LogP contribution < -0.4 is 10.6 Å².